The van der Waals surface area contributed by atoms with Crippen LogP contribution in [0.15, 0.2) is 0 Å². The lowest BCUT2D eigenvalue weighted by molar-refractivity contribution is -0.115. The average Bonchev–Trinajstić information content (AvgIpc) is 3.08. The minimum Gasteiger partial charge on any atom is -0.492 e. The largest absolute Gasteiger partial charge is 0.492 e. The molecule has 0 spiro atoms. The second-order valence-electron chi connectivity index (χ2n) is 4.42. The predicted molar refractivity (Wildman–Crippen MR) is 70.3 cm³/mol. The Balaban J connectivity index is 2.16. The van der Waals surface area contributed by atoms with Crippen molar-refractivity contribution in [3.05, 3.63) is 4.88 Å². The molecule has 5 nitrogen and oxygen atoms in total. The van der Waals surface area contributed by atoms with E-state index in [0.717, 1.165) is 24.2 Å². The van der Waals surface area contributed by atoms with E-state index in [1.807, 2.05) is 0 Å². The van der Waals surface area contributed by atoms with Gasteiger partial charge in [0.15, 0.2) is 5.75 Å². The Morgan fingerprint density at radius 3 is 2.65 bits per heavy atom. The van der Waals surface area contributed by atoms with Crippen LogP contribution in [-0.2, 0) is 0 Å². The number of nitrogens with two attached hydrogens (primary N) is 1. The van der Waals surface area contributed by atoms with Crippen molar-refractivity contribution < 1.29 is 22.7 Å². The Morgan fingerprint density at radius 1 is 1.50 bits per heavy atom. The highest BCUT2D eigenvalue weighted by atomic mass is 32.1. The zero-order valence-electron chi connectivity index (χ0n) is 10.6. The van der Waals surface area contributed by atoms with Crippen LogP contribution < -0.4 is 21.1 Å². The lowest BCUT2D eigenvalue weighted by atomic mass is 10.3. The van der Waals surface area contributed by atoms with Crippen LogP contribution in [0.5, 0.6) is 5.75 Å². The molecule has 0 atom stereocenters. The molecule has 0 unspecified atom stereocenters. The smallest absolute Gasteiger partial charge is 0.405 e. The summed E-state index contributed by atoms with van der Waals surface area (Å²) in [6, 6.07) is 0.140. The molecule has 1 aromatic rings. The van der Waals surface area contributed by atoms with Gasteiger partial charge in [-0.3, -0.25) is 4.79 Å². The molecule has 1 saturated carbocycles. The second-order valence-corrected chi connectivity index (χ2v) is 5.44. The van der Waals surface area contributed by atoms with E-state index >= 15 is 0 Å². The topological polar surface area (TPSA) is 76.4 Å². The zero-order valence-corrected chi connectivity index (χ0v) is 11.5. The second kappa shape index (κ2) is 5.39. The summed E-state index contributed by atoms with van der Waals surface area (Å²) in [5, 5.41) is 5.03. The van der Waals surface area contributed by atoms with Crippen LogP contribution in [0.4, 0.5) is 23.9 Å². The molecule has 0 aliphatic heterocycles. The van der Waals surface area contributed by atoms with Crippen molar-refractivity contribution in [2.75, 3.05) is 24.7 Å². The summed E-state index contributed by atoms with van der Waals surface area (Å²) in [6.45, 7) is -1.22. The Labute approximate surface area is 117 Å². The van der Waals surface area contributed by atoms with Crippen molar-refractivity contribution in [1.82, 2.24) is 5.32 Å². The van der Waals surface area contributed by atoms with Gasteiger partial charge < -0.3 is 21.1 Å². The number of thiophene rings is 1. The maximum Gasteiger partial charge on any atom is 0.405 e. The maximum absolute atomic E-state index is 12.2. The van der Waals surface area contributed by atoms with Gasteiger partial charge >= 0.3 is 6.18 Å². The molecular weight excluding hydrogens is 295 g/mol. The van der Waals surface area contributed by atoms with E-state index in [0.29, 0.717) is 0 Å². The molecule has 0 bridgehead atoms. The molecule has 1 heterocycles. The maximum atomic E-state index is 12.2. The predicted octanol–water partition coefficient (Wildman–Crippen LogP) is 2.21. The summed E-state index contributed by atoms with van der Waals surface area (Å²) < 4.78 is 41.6. The lowest BCUT2D eigenvalue weighted by Crippen LogP contribution is -2.25. The summed E-state index contributed by atoms with van der Waals surface area (Å²) in [4.78, 5) is 12.1. The molecule has 1 aromatic heterocycles. The molecule has 0 aromatic carbocycles. The summed E-state index contributed by atoms with van der Waals surface area (Å²) in [6.07, 6.45) is -2.54. The average molecular weight is 309 g/mol. The number of alkyl halides is 3. The molecule has 20 heavy (non-hydrogen) atoms. The highest BCUT2D eigenvalue weighted by Crippen LogP contribution is 2.43. The van der Waals surface area contributed by atoms with Gasteiger partial charge in [-0.2, -0.15) is 13.2 Å². The molecule has 1 aliphatic rings. The number of nitrogen functional groups attached to an aromatic ring is 1. The van der Waals surface area contributed by atoms with Crippen LogP contribution in [0, 0.1) is 0 Å². The first kappa shape index (κ1) is 14.8. The van der Waals surface area contributed by atoms with Crippen molar-refractivity contribution >= 4 is 27.9 Å². The van der Waals surface area contributed by atoms with Crippen LogP contribution >= 0.6 is 11.3 Å². The number of hydrogen-bond acceptors (Lipinski definition) is 5. The quantitative estimate of drug-likeness (QED) is 0.779. The first-order valence-electron chi connectivity index (χ1n) is 5.89. The molecule has 4 N–H and O–H groups in total. The van der Waals surface area contributed by atoms with Gasteiger partial charge in [0.2, 0.25) is 0 Å². The molecule has 0 saturated heterocycles. The first-order chi connectivity index (χ1) is 9.31. The highest BCUT2D eigenvalue weighted by Gasteiger charge is 2.30. The van der Waals surface area contributed by atoms with Gasteiger partial charge in [-0.15, -0.1) is 11.3 Å². The van der Waals surface area contributed by atoms with Gasteiger partial charge in [0, 0.05) is 6.04 Å². The van der Waals surface area contributed by atoms with E-state index in [1.54, 1.807) is 0 Å². The number of ether oxygens (including phenoxy) is 1. The minimum absolute atomic E-state index is 0.0559. The number of methoxy groups -OCH3 is 1. The Morgan fingerprint density at radius 2 is 2.15 bits per heavy atom. The third-order valence-corrected chi connectivity index (χ3v) is 3.82. The van der Waals surface area contributed by atoms with Crippen LogP contribution in [0.1, 0.15) is 22.5 Å². The number of hydrogen-bond donors (Lipinski definition) is 3. The van der Waals surface area contributed by atoms with Gasteiger partial charge in [-0.25, -0.2) is 0 Å². The van der Waals surface area contributed by atoms with Gasteiger partial charge in [-0.05, 0) is 12.8 Å². The number of rotatable bonds is 5. The normalized spacial score (nSPS) is 15.0. The zero-order chi connectivity index (χ0) is 14.9. The van der Waals surface area contributed by atoms with Gasteiger partial charge in [0.1, 0.15) is 22.1 Å². The molecule has 112 valence electrons. The number of carbonyl (C=O) groups is 1. The van der Waals surface area contributed by atoms with Gasteiger partial charge in [-0.1, -0.05) is 0 Å². The van der Waals surface area contributed by atoms with E-state index in [9.17, 15) is 18.0 Å². The molecule has 2 rings (SSSR count). The van der Waals surface area contributed by atoms with Crippen LogP contribution in [-0.4, -0.2) is 31.8 Å². The molecule has 1 amide bonds. The molecule has 1 fully saturated rings. The first-order valence-corrected chi connectivity index (χ1v) is 6.71. The number of anilines is 2. The van der Waals surface area contributed by atoms with Crippen molar-refractivity contribution in [2.24, 2.45) is 0 Å². The minimum atomic E-state index is -4.36. The molecular formula is C11H14F3N3O2S. The van der Waals surface area contributed by atoms with Gasteiger partial charge in [0.25, 0.3) is 5.91 Å². The van der Waals surface area contributed by atoms with Crippen molar-refractivity contribution in [2.45, 2.75) is 25.1 Å². The monoisotopic (exact) mass is 309 g/mol. The third kappa shape index (κ3) is 3.47. The summed E-state index contributed by atoms with van der Waals surface area (Å²) in [5.74, 6) is -0.312. The van der Waals surface area contributed by atoms with E-state index in [-0.39, 0.29) is 33.3 Å². The van der Waals surface area contributed by atoms with Crippen molar-refractivity contribution in [3.63, 3.8) is 0 Å². The fraction of sp³-hybridized carbons (Fsp3) is 0.545. The Hall–Kier alpha value is -1.64. The fourth-order valence-corrected chi connectivity index (χ4v) is 2.56. The Bertz CT molecular complexity index is 512. The third-order valence-electron chi connectivity index (χ3n) is 2.67. The number of halogens is 3. The summed E-state index contributed by atoms with van der Waals surface area (Å²) in [7, 11) is 1.29. The van der Waals surface area contributed by atoms with E-state index in [1.165, 1.54) is 7.11 Å². The van der Waals surface area contributed by atoms with Crippen molar-refractivity contribution in [3.8, 4) is 5.75 Å². The summed E-state index contributed by atoms with van der Waals surface area (Å²) >= 11 is 0.856. The highest BCUT2D eigenvalue weighted by molar-refractivity contribution is 7.19. The number of amides is 1. The van der Waals surface area contributed by atoms with E-state index in [2.05, 4.69) is 10.6 Å². The van der Waals surface area contributed by atoms with Crippen molar-refractivity contribution in [1.29, 1.82) is 0 Å². The number of nitrogens with one attached hydrogen (secondary N) is 2. The van der Waals surface area contributed by atoms with Gasteiger partial charge in [0.05, 0.1) is 7.11 Å². The molecule has 9 heteroatoms. The molecule has 0 radical (unpaired) electrons. The SMILES string of the molecule is COc1c(NCC(F)(F)F)sc(C(=O)NC2CC2)c1N. The Kier molecular flexibility index (Phi) is 3.98. The number of carbonyl (C=O) groups excluding carboxylic acids is 1. The lowest BCUT2D eigenvalue weighted by Gasteiger charge is -2.09. The standard InChI is InChI=1S/C11H14F3N3O2S/c1-19-7-6(15)8(9(18)17-5-2-3-5)20-10(7)16-4-11(12,13)14/h5,16H,2-4,15H2,1H3,(H,17,18). The van der Waals surface area contributed by atoms with Crippen LogP contribution in [0.2, 0.25) is 0 Å². The van der Waals surface area contributed by atoms with Crippen LogP contribution in [0.3, 0.4) is 0 Å². The molecule has 1 aliphatic carbocycles. The fourth-order valence-electron chi connectivity index (χ4n) is 1.58. The van der Waals surface area contributed by atoms with E-state index in [4.69, 9.17) is 10.5 Å². The van der Waals surface area contributed by atoms with E-state index < -0.39 is 12.7 Å². The summed E-state index contributed by atoms with van der Waals surface area (Å²) in [5.41, 5.74) is 5.81. The van der Waals surface area contributed by atoms with Crippen LogP contribution in [0.25, 0.3) is 0 Å².